The molecule has 1 unspecified atom stereocenters. The maximum absolute atomic E-state index is 12.7. The van der Waals surface area contributed by atoms with Gasteiger partial charge in [-0.3, -0.25) is 9.59 Å². The van der Waals surface area contributed by atoms with Crippen LogP contribution in [0.25, 0.3) is 0 Å². The third kappa shape index (κ3) is 2.58. The number of carbonyl (C=O) groups excluding carboxylic acids is 1. The summed E-state index contributed by atoms with van der Waals surface area (Å²) in [6.07, 6.45) is 3.15. The molecule has 0 bridgehead atoms. The zero-order chi connectivity index (χ0) is 17.6. The molecule has 4 rings (SSSR count). The minimum absolute atomic E-state index is 0.0134. The maximum Gasteiger partial charge on any atom is 0.266 e. The lowest BCUT2D eigenvalue weighted by atomic mass is 9.72. The predicted octanol–water partition coefficient (Wildman–Crippen LogP) is 2.12. The highest BCUT2D eigenvalue weighted by atomic mass is 35.5. The van der Waals surface area contributed by atoms with Crippen LogP contribution in [0.4, 0.5) is 0 Å². The van der Waals surface area contributed by atoms with Crippen LogP contribution in [0.2, 0.25) is 5.02 Å². The summed E-state index contributed by atoms with van der Waals surface area (Å²) in [5.74, 6) is -0.145. The number of halogens is 1. The Kier molecular flexibility index (Phi) is 3.93. The Morgan fingerprint density at radius 3 is 2.72 bits per heavy atom. The van der Waals surface area contributed by atoms with Crippen molar-refractivity contribution in [3.8, 4) is 0 Å². The molecule has 1 saturated heterocycles. The Balaban J connectivity index is 1.54. The van der Waals surface area contributed by atoms with Crippen LogP contribution in [0, 0.1) is 0 Å². The summed E-state index contributed by atoms with van der Waals surface area (Å²) < 4.78 is 0. The first-order valence-corrected chi connectivity index (χ1v) is 8.83. The number of aromatic amines is 1. The Labute approximate surface area is 150 Å². The van der Waals surface area contributed by atoms with Crippen molar-refractivity contribution in [3.05, 3.63) is 68.6 Å². The number of rotatable bonds is 1. The number of nitrogens with one attached hydrogen (secondary N) is 1. The topological polar surface area (TPSA) is 73.4 Å². The van der Waals surface area contributed by atoms with E-state index in [-0.39, 0.29) is 16.3 Å². The maximum atomic E-state index is 12.7. The molecule has 0 radical (unpaired) electrons. The Bertz CT molecular complexity index is 884. The van der Waals surface area contributed by atoms with Crippen LogP contribution < -0.4 is 5.56 Å². The number of benzene rings is 1. The van der Waals surface area contributed by atoms with Gasteiger partial charge in [0.25, 0.3) is 11.5 Å². The lowest BCUT2D eigenvalue weighted by Crippen LogP contribution is -2.49. The number of pyridine rings is 1. The zero-order valence-electron chi connectivity index (χ0n) is 13.7. The number of hydrogen-bond acceptors (Lipinski definition) is 3. The summed E-state index contributed by atoms with van der Waals surface area (Å²) in [6.45, 7) is 1.14. The van der Waals surface area contributed by atoms with Gasteiger partial charge in [0.2, 0.25) is 0 Å². The fraction of sp³-hybridized carbons (Fsp3) is 0.368. The van der Waals surface area contributed by atoms with Crippen LogP contribution in [-0.2, 0) is 11.8 Å². The van der Waals surface area contributed by atoms with Gasteiger partial charge >= 0.3 is 0 Å². The zero-order valence-corrected chi connectivity index (χ0v) is 14.4. The average Bonchev–Trinajstić information content (AvgIpc) is 2.89. The Morgan fingerprint density at radius 1 is 1.28 bits per heavy atom. The fourth-order valence-electron chi connectivity index (χ4n) is 4.24. The minimum atomic E-state index is -0.401. The lowest BCUT2D eigenvalue weighted by Gasteiger charge is -2.42. The molecule has 130 valence electrons. The molecule has 2 heterocycles. The highest BCUT2D eigenvalue weighted by Gasteiger charge is 2.48. The number of likely N-dealkylation sites (tertiary alicyclic amines) is 1. The SMILES string of the molecule is O=C(c1c[nH]c(=O)c(Cl)c1)N1CCC2(CC1)c1ccccc1CC2O. The number of carbonyl (C=O) groups is 1. The highest BCUT2D eigenvalue weighted by Crippen LogP contribution is 2.46. The van der Waals surface area contributed by atoms with E-state index in [2.05, 4.69) is 17.1 Å². The van der Waals surface area contributed by atoms with Crippen molar-refractivity contribution < 1.29 is 9.90 Å². The molecule has 2 N–H and O–H groups in total. The second-order valence-electron chi connectivity index (χ2n) is 6.89. The van der Waals surface area contributed by atoms with E-state index < -0.39 is 11.7 Å². The van der Waals surface area contributed by atoms with Gasteiger partial charge in [-0.25, -0.2) is 0 Å². The molecule has 2 aromatic rings. The molecule has 1 aromatic heterocycles. The van der Waals surface area contributed by atoms with E-state index in [1.807, 2.05) is 12.1 Å². The largest absolute Gasteiger partial charge is 0.392 e. The number of fused-ring (bicyclic) bond motifs is 2. The first kappa shape index (κ1) is 16.4. The molecule has 25 heavy (non-hydrogen) atoms. The summed E-state index contributed by atoms with van der Waals surface area (Å²) >= 11 is 5.82. The second-order valence-corrected chi connectivity index (χ2v) is 7.30. The van der Waals surface area contributed by atoms with Crippen molar-refractivity contribution >= 4 is 17.5 Å². The van der Waals surface area contributed by atoms with Crippen LogP contribution in [0.3, 0.4) is 0 Å². The normalized spacial score (nSPS) is 21.4. The van der Waals surface area contributed by atoms with E-state index >= 15 is 0 Å². The van der Waals surface area contributed by atoms with Gasteiger partial charge in [0.05, 0.1) is 11.7 Å². The smallest absolute Gasteiger partial charge is 0.266 e. The van der Waals surface area contributed by atoms with Crippen molar-refractivity contribution in [1.82, 2.24) is 9.88 Å². The van der Waals surface area contributed by atoms with E-state index in [0.29, 0.717) is 25.1 Å². The van der Waals surface area contributed by atoms with E-state index in [9.17, 15) is 14.7 Å². The Morgan fingerprint density at radius 2 is 2.00 bits per heavy atom. The van der Waals surface area contributed by atoms with Crippen LogP contribution in [0.15, 0.2) is 41.3 Å². The summed E-state index contributed by atoms with van der Waals surface area (Å²) in [4.78, 5) is 28.3. The first-order chi connectivity index (χ1) is 12.0. The number of aromatic nitrogens is 1. The molecule has 1 atom stereocenters. The number of hydrogen-bond donors (Lipinski definition) is 2. The molecule has 1 fully saturated rings. The van der Waals surface area contributed by atoms with Gasteiger partial charge in [0.15, 0.2) is 0 Å². The molecule has 2 aliphatic rings. The van der Waals surface area contributed by atoms with Crippen LogP contribution >= 0.6 is 11.6 Å². The standard InChI is InChI=1S/C19H19ClN2O3/c20-15-9-13(11-21-17(15)24)18(25)22-7-5-19(6-8-22)14-4-2-1-3-12(14)10-16(19)23/h1-4,9,11,16,23H,5-8,10H2,(H,21,24). The average molecular weight is 359 g/mol. The lowest BCUT2D eigenvalue weighted by molar-refractivity contribution is 0.0365. The van der Waals surface area contributed by atoms with Crippen molar-refractivity contribution in [2.45, 2.75) is 30.8 Å². The van der Waals surface area contributed by atoms with Crippen molar-refractivity contribution in [3.63, 3.8) is 0 Å². The first-order valence-electron chi connectivity index (χ1n) is 8.45. The number of aliphatic hydroxyl groups is 1. The number of nitrogens with zero attached hydrogens (tertiary/aromatic N) is 1. The third-order valence-electron chi connectivity index (χ3n) is 5.65. The van der Waals surface area contributed by atoms with E-state index in [1.54, 1.807) is 4.90 Å². The second kappa shape index (κ2) is 6.00. The van der Waals surface area contributed by atoms with E-state index in [4.69, 9.17) is 11.6 Å². The summed E-state index contributed by atoms with van der Waals surface area (Å²) in [5, 5.41) is 10.7. The predicted molar refractivity (Wildman–Crippen MR) is 95.0 cm³/mol. The van der Waals surface area contributed by atoms with Gasteiger partial charge < -0.3 is 15.0 Å². The highest BCUT2D eigenvalue weighted by molar-refractivity contribution is 6.30. The van der Waals surface area contributed by atoms with Crippen molar-refractivity contribution in [2.24, 2.45) is 0 Å². The molecule has 6 heteroatoms. The summed E-state index contributed by atoms with van der Waals surface area (Å²) in [5.41, 5.74) is 2.16. The minimum Gasteiger partial charge on any atom is -0.392 e. The third-order valence-corrected chi connectivity index (χ3v) is 5.93. The summed E-state index contributed by atoms with van der Waals surface area (Å²) in [6, 6.07) is 9.60. The number of aliphatic hydroxyl groups excluding tert-OH is 1. The van der Waals surface area contributed by atoms with E-state index in [1.165, 1.54) is 23.4 Å². The molecule has 0 saturated carbocycles. The molecule has 1 spiro atoms. The monoisotopic (exact) mass is 358 g/mol. The quantitative estimate of drug-likeness (QED) is 0.820. The molecule has 1 aliphatic heterocycles. The van der Waals surface area contributed by atoms with Crippen LogP contribution in [-0.4, -0.2) is 40.1 Å². The van der Waals surface area contributed by atoms with Gasteiger partial charge in [-0.1, -0.05) is 35.9 Å². The molecule has 1 amide bonds. The number of H-pyrrole nitrogens is 1. The van der Waals surface area contributed by atoms with Crippen LogP contribution in [0.5, 0.6) is 0 Å². The van der Waals surface area contributed by atoms with Gasteiger partial charge in [-0.15, -0.1) is 0 Å². The van der Waals surface area contributed by atoms with Gasteiger partial charge in [-0.05, 0) is 36.5 Å². The number of amides is 1. The van der Waals surface area contributed by atoms with Crippen molar-refractivity contribution in [1.29, 1.82) is 0 Å². The van der Waals surface area contributed by atoms with Gasteiger partial charge in [0, 0.05) is 24.7 Å². The van der Waals surface area contributed by atoms with Gasteiger partial charge in [0.1, 0.15) is 5.02 Å². The fourth-order valence-corrected chi connectivity index (χ4v) is 4.41. The van der Waals surface area contributed by atoms with Crippen LogP contribution in [0.1, 0.15) is 34.3 Å². The van der Waals surface area contributed by atoms with Crippen molar-refractivity contribution in [2.75, 3.05) is 13.1 Å². The molecule has 5 nitrogen and oxygen atoms in total. The van der Waals surface area contributed by atoms with Gasteiger partial charge in [-0.2, -0.15) is 0 Å². The molecular formula is C19H19ClN2O3. The Hall–Kier alpha value is -2.11. The molecule has 1 aliphatic carbocycles. The molecule has 1 aromatic carbocycles. The number of piperidine rings is 1. The van der Waals surface area contributed by atoms with E-state index in [0.717, 1.165) is 12.8 Å². The molecular weight excluding hydrogens is 340 g/mol. The summed E-state index contributed by atoms with van der Waals surface area (Å²) in [7, 11) is 0.